The van der Waals surface area contributed by atoms with Gasteiger partial charge in [0.25, 0.3) is 0 Å². The normalized spacial score (nSPS) is 13.3. The van der Waals surface area contributed by atoms with Crippen LogP contribution in [0.4, 0.5) is 5.69 Å². The van der Waals surface area contributed by atoms with Crippen LogP contribution in [-0.2, 0) is 4.74 Å². The largest absolute Gasteiger partial charge is 0.396 e. The van der Waals surface area contributed by atoms with Gasteiger partial charge in [-0.3, -0.25) is 4.68 Å². The molecule has 62 valence electrons. The monoisotopic (exact) mass is 155 g/mol. The summed E-state index contributed by atoms with van der Waals surface area (Å²) < 4.78 is 6.76. The van der Waals surface area contributed by atoms with Gasteiger partial charge in [0.05, 0.1) is 24.5 Å². The molecule has 0 spiro atoms. The maximum Gasteiger partial charge on any atom is 0.0725 e. The zero-order chi connectivity index (χ0) is 8.27. The number of aromatic nitrogens is 2. The average Bonchev–Trinajstić information content (AvgIpc) is 2.36. The van der Waals surface area contributed by atoms with Gasteiger partial charge in [-0.15, -0.1) is 0 Å². The van der Waals surface area contributed by atoms with Crippen molar-refractivity contribution in [3.05, 3.63) is 12.4 Å². The third-order valence-corrected chi connectivity index (χ3v) is 1.48. The molecule has 1 aromatic heterocycles. The van der Waals surface area contributed by atoms with Crippen LogP contribution >= 0.6 is 0 Å². The van der Waals surface area contributed by atoms with Crippen molar-refractivity contribution in [1.29, 1.82) is 0 Å². The molecule has 0 aliphatic heterocycles. The Morgan fingerprint density at radius 1 is 1.82 bits per heavy atom. The van der Waals surface area contributed by atoms with Crippen molar-refractivity contribution in [1.82, 2.24) is 9.78 Å². The average molecular weight is 155 g/mol. The number of rotatable bonds is 3. The van der Waals surface area contributed by atoms with E-state index in [-0.39, 0.29) is 6.04 Å². The molecule has 1 aromatic rings. The third kappa shape index (κ3) is 1.94. The molecular weight excluding hydrogens is 142 g/mol. The zero-order valence-corrected chi connectivity index (χ0v) is 6.82. The van der Waals surface area contributed by atoms with Gasteiger partial charge in [-0.05, 0) is 6.92 Å². The number of hydrogen-bond donors (Lipinski definition) is 1. The Morgan fingerprint density at radius 2 is 2.55 bits per heavy atom. The predicted octanol–water partition coefficient (Wildman–Crippen LogP) is 0.673. The lowest BCUT2D eigenvalue weighted by molar-refractivity contribution is 0.157. The van der Waals surface area contributed by atoms with Gasteiger partial charge in [-0.1, -0.05) is 0 Å². The predicted molar refractivity (Wildman–Crippen MR) is 43.2 cm³/mol. The van der Waals surface area contributed by atoms with E-state index in [2.05, 4.69) is 5.10 Å². The smallest absolute Gasteiger partial charge is 0.0725 e. The summed E-state index contributed by atoms with van der Waals surface area (Å²) in [5.41, 5.74) is 6.18. The molecule has 0 bridgehead atoms. The lowest BCUT2D eigenvalue weighted by Gasteiger charge is -2.09. The summed E-state index contributed by atoms with van der Waals surface area (Å²) in [5.74, 6) is 0. The van der Waals surface area contributed by atoms with Crippen LogP contribution in [0.3, 0.4) is 0 Å². The van der Waals surface area contributed by atoms with Gasteiger partial charge in [0.1, 0.15) is 0 Å². The Bertz CT molecular complexity index is 221. The summed E-state index contributed by atoms with van der Waals surface area (Å²) in [7, 11) is 1.67. The Kier molecular flexibility index (Phi) is 2.48. The Hall–Kier alpha value is -1.03. The first-order valence-electron chi connectivity index (χ1n) is 3.52. The summed E-state index contributed by atoms with van der Waals surface area (Å²) in [5, 5.41) is 4.05. The first kappa shape index (κ1) is 8.07. The molecule has 0 aliphatic carbocycles. The van der Waals surface area contributed by atoms with Gasteiger partial charge < -0.3 is 10.5 Å². The second-order valence-corrected chi connectivity index (χ2v) is 2.56. The zero-order valence-electron chi connectivity index (χ0n) is 6.82. The molecule has 0 aliphatic rings. The van der Waals surface area contributed by atoms with Crippen molar-refractivity contribution < 1.29 is 4.74 Å². The molecule has 0 amide bonds. The number of nitrogens with two attached hydrogens (primary N) is 1. The van der Waals surface area contributed by atoms with E-state index >= 15 is 0 Å². The maximum atomic E-state index is 5.49. The van der Waals surface area contributed by atoms with Crippen molar-refractivity contribution in [3.8, 4) is 0 Å². The quantitative estimate of drug-likeness (QED) is 0.698. The van der Waals surface area contributed by atoms with Gasteiger partial charge in [-0.2, -0.15) is 5.10 Å². The molecule has 1 unspecified atom stereocenters. The molecule has 11 heavy (non-hydrogen) atoms. The SMILES string of the molecule is COCC(C)n1cc(N)cn1. The van der Waals surface area contributed by atoms with Gasteiger partial charge in [0.15, 0.2) is 0 Å². The lowest BCUT2D eigenvalue weighted by atomic mass is 10.4. The van der Waals surface area contributed by atoms with Crippen LogP contribution in [0.2, 0.25) is 0 Å². The number of anilines is 1. The van der Waals surface area contributed by atoms with Crippen molar-refractivity contribution in [2.45, 2.75) is 13.0 Å². The highest BCUT2D eigenvalue weighted by Gasteiger charge is 2.03. The van der Waals surface area contributed by atoms with Crippen LogP contribution in [0.5, 0.6) is 0 Å². The van der Waals surface area contributed by atoms with Gasteiger partial charge in [-0.25, -0.2) is 0 Å². The second kappa shape index (κ2) is 3.39. The van der Waals surface area contributed by atoms with E-state index in [1.165, 1.54) is 0 Å². The van der Waals surface area contributed by atoms with E-state index in [1.807, 2.05) is 6.92 Å². The first-order valence-corrected chi connectivity index (χ1v) is 3.52. The molecule has 4 nitrogen and oxygen atoms in total. The molecule has 1 atom stereocenters. The lowest BCUT2D eigenvalue weighted by Crippen LogP contribution is -2.11. The van der Waals surface area contributed by atoms with Gasteiger partial charge in [0.2, 0.25) is 0 Å². The molecule has 0 fully saturated rings. The van der Waals surface area contributed by atoms with Crippen molar-refractivity contribution in [3.63, 3.8) is 0 Å². The number of hydrogen-bond acceptors (Lipinski definition) is 3. The molecule has 0 radical (unpaired) electrons. The van der Waals surface area contributed by atoms with E-state index in [9.17, 15) is 0 Å². The number of ether oxygens (including phenoxy) is 1. The fraction of sp³-hybridized carbons (Fsp3) is 0.571. The van der Waals surface area contributed by atoms with Crippen molar-refractivity contribution in [2.75, 3.05) is 19.5 Å². The van der Waals surface area contributed by atoms with E-state index < -0.39 is 0 Å². The van der Waals surface area contributed by atoms with E-state index in [0.717, 1.165) is 0 Å². The molecule has 0 aromatic carbocycles. The summed E-state index contributed by atoms with van der Waals surface area (Å²) in [6.07, 6.45) is 3.43. The Labute approximate surface area is 66.0 Å². The van der Waals surface area contributed by atoms with Crippen molar-refractivity contribution >= 4 is 5.69 Å². The molecule has 0 saturated heterocycles. The minimum absolute atomic E-state index is 0.247. The fourth-order valence-electron chi connectivity index (χ4n) is 0.911. The van der Waals surface area contributed by atoms with Crippen LogP contribution in [0.15, 0.2) is 12.4 Å². The summed E-state index contributed by atoms with van der Waals surface area (Å²) in [6, 6.07) is 0.247. The fourth-order valence-corrected chi connectivity index (χ4v) is 0.911. The molecule has 1 heterocycles. The van der Waals surface area contributed by atoms with Crippen LogP contribution < -0.4 is 5.73 Å². The number of nitrogens with zero attached hydrogens (tertiary/aromatic N) is 2. The molecule has 0 saturated carbocycles. The van der Waals surface area contributed by atoms with E-state index in [0.29, 0.717) is 12.3 Å². The maximum absolute atomic E-state index is 5.49. The molecule has 1 rings (SSSR count). The Balaban J connectivity index is 2.60. The summed E-state index contributed by atoms with van der Waals surface area (Å²) in [6.45, 7) is 2.68. The number of methoxy groups -OCH3 is 1. The van der Waals surface area contributed by atoms with Crippen LogP contribution in [-0.4, -0.2) is 23.5 Å². The summed E-state index contributed by atoms with van der Waals surface area (Å²) >= 11 is 0. The Morgan fingerprint density at radius 3 is 3.00 bits per heavy atom. The van der Waals surface area contributed by atoms with E-state index in [4.69, 9.17) is 10.5 Å². The molecule has 2 N–H and O–H groups in total. The highest BCUT2D eigenvalue weighted by Crippen LogP contribution is 2.06. The highest BCUT2D eigenvalue weighted by molar-refractivity contribution is 5.30. The van der Waals surface area contributed by atoms with Crippen LogP contribution in [0, 0.1) is 0 Å². The topological polar surface area (TPSA) is 53.1 Å². The standard InChI is InChI=1S/C7H13N3O/c1-6(5-11-2)10-4-7(8)3-9-10/h3-4,6H,5,8H2,1-2H3. The number of nitrogen functional groups attached to an aromatic ring is 1. The highest BCUT2D eigenvalue weighted by atomic mass is 16.5. The van der Waals surface area contributed by atoms with Gasteiger partial charge in [0, 0.05) is 13.3 Å². The minimum Gasteiger partial charge on any atom is -0.396 e. The van der Waals surface area contributed by atoms with Crippen molar-refractivity contribution in [2.24, 2.45) is 0 Å². The second-order valence-electron chi connectivity index (χ2n) is 2.56. The van der Waals surface area contributed by atoms with E-state index in [1.54, 1.807) is 24.2 Å². The molecule has 4 heteroatoms. The van der Waals surface area contributed by atoms with Gasteiger partial charge >= 0.3 is 0 Å². The third-order valence-electron chi connectivity index (χ3n) is 1.48. The van der Waals surface area contributed by atoms with Crippen LogP contribution in [0.1, 0.15) is 13.0 Å². The summed E-state index contributed by atoms with van der Waals surface area (Å²) in [4.78, 5) is 0. The first-order chi connectivity index (χ1) is 5.24. The minimum atomic E-state index is 0.247. The molecular formula is C7H13N3O. The van der Waals surface area contributed by atoms with Crippen LogP contribution in [0.25, 0.3) is 0 Å².